The molecule has 0 aliphatic carbocycles. The average Bonchev–Trinajstić information content (AvgIpc) is 2.57. The summed E-state index contributed by atoms with van der Waals surface area (Å²) in [6, 6.07) is 9.23. The molecule has 2 aliphatic heterocycles. The number of carbonyl (C=O) groups excluding carboxylic acids is 2. The molecule has 5 nitrogen and oxygen atoms in total. The third-order valence-corrected chi connectivity index (χ3v) is 5.10. The van der Waals surface area contributed by atoms with E-state index in [1.54, 1.807) is 4.90 Å². The predicted octanol–water partition coefficient (Wildman–Crippen LogP) is 1.51. The molecule has 2 amide bonds. The lowest BCUT2D eigenvalue weighted by Gasteiger charge is -2.45. The summed E-state index contributed by atoms with van der Waals surface area (Å²) in [5.74, 6) is -0.304. The molecular weight excluding hydrogens is 290 g/mol. The number of hydrogen-bond acceptors (Lipinski definition) is 3. The van der Waals surface area contributed by atoms with Crippen LogP contribution in [0.4, 0.5) is 0 Å². The summed E-state index contributed by atoms with van der Waals surface area (Å²) in [7, 11) is 0. The Morgan fingerprint density at radius 3 is 2.35 bits per heavy atom. The molecule has 1 aromatic carbocycles. The zero-order valence-electron chi connectivity index (χ0n) is 14.1. The van der Waals surface area contributed by atoms with E-state index in [0.717, 1.165) is 13.1 Å². The van der Waals surface area contributed by atoms with Crippen molar-refractivity contribution in [2.45, 2.75) is 38.8 Å². The molecule has 0 unspecified atom stereocenters. The van der Waals surface area contributed by atoms with Gasteiger partial charge in [-0.25, -0.2) is 0 Å². The molecule has 1 N–H and O–H groups in total. The molecule has 0 spiro atoms. The van der Waals surface area contributed by atoms with Crippen molar-refractivity contribution in [3.05, 3.63) is 35.4 Å². The number of piperazine rings is 2. The van der Waals surface area contributed by atoms with Gasteiger partial charge in [0, 0.05) is 32.2 Å². The Bertz CT molecular complexity index is 597. The molecule has 5 heteroatoms. The van der Waals surface area contributed by atoms with Gasteiger partial charge in [-0.1, -0.05) is 38.1 Å². The highest BCUT2D eigenvalue weighted by Gasteiger charge is 2.38. The summed E-state index contributed by atoms with van der Waals surface area (Å²) in [6.45, 7) is 9.41. The van der Waals surface area contributed by atoms with Gasteiger partial charge in [0.15, 0.2) is 0 Å². The van der Waals surface area contributed by atoms with Crippen LogP contribution in [0.3, 0.4) is 0 Å². The van der Waals surface area contributed by atoms with E-state index in [0.29, 0.717) is 25.0 Å². The number of nitrogens with one attached hydrogen (secondary N) is 1. The third kappa shape index (κ3) is 3.11. The molecule has 0 bridgehead atoms. The van der Waals surface area contributed by atoms with Crippen LogP contribution in [0, 0.1) is 0 Å². The minimum absolute atomic E-state index is 0.0892. The Balaban J connectivity index is 1.68. The van der Waals surface area contributed by atoms with Crippen LogP contribution in [0.15, 0.2) is 24.3 Å². The minimum Gasteiger partial charge on any atom is -0.346 e. The highest BCUT2D eigenvalue weighted by molar-refractivity contribution is 6.35. The molecule has 2 heterocycles. The second-order valence-corrected chi connectivity index (χ2v) is 6.85. The quantitative estimate of drug-likeness (QED) is 0.860. The van der Waals surface area contributed by atoms with Crippen molar-refractivity contribution in [1.29, 1.82) is 0 Å². The van der Waals surface area contributed by atoms with Gasteiger partial charge in [0.05, 0.1) is 6.04 Å². The molecule has 2 saturated heterocycles. The van der Waals surface area contributed by atoms with Gasteiger partial charge in [0.2, 0.25) is 0 Å². The number of fused-ring (bicyclic) bond motifs is 1. The Hall–Kier alpha value is -1.88. The van der Waals surface area contributed by atoms with E-state index in [2.05, 4.69) is 55.3 Å². The lowest BCUT2D eigenvalue weighted by Crippen LogP contribution is -2.65. The monoisotopic (exact) mass is 315 g/mol. The van der Waals surface area contributed by atoms with E-state index in [1.807, 2.05) is 0 Å². The molecule has 2 aliphatic rings. The summed E-state index contributed by atoms with van der Waals surface area (Å²) in [5.41, 5.74) is 2.65. The molecule has 0 aromatic heterocycles. The van der Waals surface area contributed by atoms with Crippen molar-refractivity contribution >= 4 is 11.8 Å². The van der Waals surface area contributed by atoms with Gasteiger partial charge in [0.25, 0.3) is 0 Å². The average molecular weight is 315 g/mol. The zero-order chi connectivity index (χ0) is 16.6. The van der Waals surface area contributed by atoms with Gasteiger partial charge in [0.1, 0.15) is 0 Å². The minimum atomic E-state index is -0.466. The summed E-state index contributed by atoms with van der Waals surface area (Å²) in [5, 5.41) is 2.69. The molecule has 2 atom stereocenters. The first kappa shape index (κ1) is 16.0. The lowest BCUT2D eigenvalue weighted by atomic mass is 9.98. The molecular formula is C18H25N3O2. The maximum Gasteiger partial charge on any atom is 0.312 e. The third-order valence-electron chi connectivity index (χ3n) is 5.10. The van der Waals surface area contributed by atoms with Gasteiger partial charge in [-0.05, 0) is 24.0 Å². The highest BCUT2D eigenvalue weighted by atomic mass is 16.2. The molecule has 1 aromatic rings. The van der Waals surface area contributed by atoms with Crippen molar-refractivity contribution < 1.29 is 9.59 Å². The number of rotatable bonds is 3. The van der Waals surface area contributed by atoms with Gasteiger partial charge in [-0.2, -0.15) is 0 Å². The number of nitrogens with zero attached hydrogens (tertiary/aromatic N) is 2. The second kappa shape index (κ2) is 6.32. The first-order chi connectivity index (χ1) is 11.0. The fourth-order valence-corrected chi connectivity index (χ4v) is 3.46. The van der Waals surface area contributed by atoms with E-state index in [9.17, 15) is 9.59 Å². The smallest absolute Gasteiger partial charge is 0.312 e. The predicted molar refractivity (Wildman–Crippen MR) is 89.0 cm³/mol. The second-order valence-electron chi connectivity index (χ2n) is 6.85. The topological polar surface area (TPSA) is 52.7 Å². The molecule has 2 fully saturated rings. The fraction of sp³-hybridized carbons (Fsp3) is 0.556. The van der Waals surface area contributed by atoms with Crippen LogP contribution in [0.1, 0.15) is 43.9 Å². The number of benzene rings is 1. The number of carbonyl (C=O) groups is 2. The fourth-order valence-electron chi connectivity index (χ4n) is 3.46. The van der Waals surface area contributed by atoms with E-state index in [-0.39, 0.29) is 11.9 Å². The summed E-state index contributed by atoms with van der Waals surface area (Å²) >= 11 is 0. The normalized spacial score (nSPS) is 23.7. The maximum atomic E-state index is 11.9. The maximum absolute atomic E-state index is 11.9. The van der Waals surface area contributed by atoms with Gasteiger partial charge >= 0.3 is 11.8 Å². The van der Waals surface area contributed by atoms with Crippen LogP contribution in [-0.2, 0) is 9.59 Å². The largest absolute Gasteiger partial charge is 0.346 e. The first-order valence-corrected chi connectivity index (χ1v) is 8.40. The van der Waals surface area contributed by atoms with Crippen molar-refractivity contribution in [2.24, 2.45) is 0 Å². The van der Waals surface area contributed by atoms with Gasteiger partial charge < -0.3 is 10.2 Å². The Labute approximate surface area is 137 Å². The lowest BCUT2D eigenvalue weighted by molar-refractivity contribution is -0.153. The van der Waals surface area contributed by atoms with Crippen LogP contribution >= 0.6 is 0 Å². The first-order valence-electron chi connectivity index (χ1n) is 8.40. The number of hydrogen-bond donors (Lipinski definition) is 1. The molecule has 0 saturated carbocycles. The van der Waals surface area contributed by atoms with Crippen LogP contribution in [0.25, 0.3) is 0 Å². The standard InChI is InChI=1S/C18H25N3O2/c1-12(2)14-4-6-15(7-5-14)13(3)20-8-9-21-16(11-20)10-19-17(22)18(21)23/h4-7,12-13,16H,8-11H2,1-3H3,(H,19,22)/t13-,16+/m1/s1. The van der Waals surface area contributed by atoms with Crippen molar-refractivity contribution in [3.63, 3.8) is 0 Å². The van der Waals surface area contributed by atoms with Crippen molar-refractivity contribution in [2.75, 3.05) is 26.2 Å². The van der Waals surface area contributed by atoms with Gasteiger partial charge in [-0.15, -0.1) is 0 Å². The van der Waals surface area contributed by atoms with E-state index >= 15 is 0 Å². The highest BCUT2D eigenvalue weighted by Crippen LogP contribution is 2.26. The van der Waals surface area contributed by atoms with Crippen LogP contribution in [-0.4, -0.2) is 53.8 Å². The number of amides is 2. The summed E-state index contributed by atoms with van der Waals surface area (Å²) in [4.78, 5) is 27.5. The SMILES string of the molecule is CC(C)c1ccc([C@@H](C)N2CCN3C(=O)C(=O)NC[C@H]3C2)cc1. The van der Waals surface area contributed by atoms with Crippen LogP contribution in [0.5, 0.6) is 0 Å². The molecule has 0 radical (unpaired) electrons. The summed E-state index contributed by atoms with van der Waals surface area (Å²) < 4.78 is 0. The van der Waals surface area contributed by atoms with Gasteiger partial charge in [-0.3, -0.25) is 14.5 Å². The van der Waals surface area contributed by atoms with Crippen molar-refractivity contribution in [1.82, 2.24) is 15.1 Å². The summed E-state index contributed by atoms with van der Waals surface area (Å²) in [6.07, 6.45) is 0. The van der Waals surface area contributed by atoms with Crippen molar-refractivity contribution in [3.8, 4) is 0 Å². The van der Waals surface area contributed by atoms with Crippen LogP contribution < -0.4 is 5.32 Å². The van der Waals surface area contributed by atoms with E-state index < -0.39 is 5.91 Å². The Morgan fingerprint density at radius 1 is 1.04 bits per heavy atom. The molecule has 23 heavy (non-hydrogen) atoms. The Kier molecular flexibility index (Phi) is 4.39. The van der Waals surface area contributed by atoms with Crippen LogP contribution in [0.2, 0.25) is 0 Å². The molecule has 124 valence electrons. The van der Waals surface area contributed by atoms with E-state index in [1.165, 1.54) is 11.1 Å². The van der Waals surface area contributed by atoms with E-state index in [4.69, 9.17) is 0 Å². The molecule has 3 rings (SSSR count). The zero-order valence-corrected chi connectivity index (χ0v) is 14.1. The Morgan fingerprint density at radius 2 is 1.70 bits per heavy atom.